The van der Waals surface area contributed by atoms with E-state index in [1.54, 1.807) is 13.8 Å². The first kappa shape index (κ1) is 12.4. The van der Waals surface area contributed by atoms with Crippen molar-refractivity contribution >= 4 is 5.78 Å². The molecule has 0 unspecified atom stereocenters. The summed E-state index contributed by atoms with van der Waals surface area (Å²) in [6, 6.07) is 10.2. The molecule has 1 aromatic carbocycles. The summed E-state index contributed by atoms with van der Waals surface area (Å²) in [6.45, 7) is 5.38. The van der Waals surface area contributed by atoms with Crippen molar-refractivity contribution in [1.29, 1.82) is 5.26 Å². The summed E-state index contributed by atoms with van der Waals surface area (Å²) in [6.07, 6.45) is 1.15. The van der Waals surface area contributed by atoms with E-state index in [0.717, 1.165) is 5.56 Å². The summed E-state index contributed by atoms with van der Waals surface area (Å²) in [4.78, 5) is 11.7. The van der Waals surface area contributed by atoms with Gasteiger partial charge in [0.05, 0.1) is 6.07 Å². The summed E-state index contributed by atoms with van der Waals surface area (Å²) in [5.41, 5.74) is 1.50. The molecule has 0 amide bonds. The molecule has 0 bridgehead atoms. The Kier molecular flexibility index (Phi) is 3.84. The van der Waals surface area contributed by atoms with Crippen LogP contribution < -0.4 is 0 Å². The maximum absolute atomic E-state index is 11.7. The van der Waals surface area contributed by atoms with E-state index in [9.17, 15) is 4.79 Å². The number of carbonyl (C=O) groups excluding carboxylic acids is 1. The van der Waals surface area contributed by atoms with Crippen molar-refractivity contribution in [2.75, 3.05) is 0 Å². The number of nitrogens with zero attached hydrogens (tertiary/aromatic N) is 1. The monoisotopic (exact) mass is 215 g/mol. The smallest absolute Gasteiger partial charge is 0.152 e. The second-order valence-corrected chi connectivity index (χ2v) is 4.65. The molecule has 0 spiro atoms. The highest BCUT2D eigenvalue weighted by molar-refractivity contribution is 5.86. The SMILES string of the molecule is Cc1ccc(CCC(=O)C(C)(C)C#N)cc1. The topological polar surface area (TPSA) is 40.9 Å². The van der Waals surface area contributed by atoms with E-state index >= 15 is 0 Å². The van der Waals surface area contributed by atoms with Crippen molar-refractivity contribution < 1.29 is 4.79 Å². The Bertz CT molecular complexity index is 409. The molecular weight excluding hydrogens is 198 g/mol. The number of ketones is 1. The highest BCUT2D eigenvalue weighted by atomic mass is 16.1. The quantitative estimate of drug-likeness (QED) is 0.774. The zero-order valence-electron chi connectivity index (χ0n) is 10.1. The number of carbonyl (C=O) groups is 1. The maximum Gasteiger partial charge on any atom is 0.152 e. The normalized spacial score (nSPS) is 10.9. The maximum atomic E-state index is 11.7. The van der Waals surface area contributed by atoms with Crippen molar-refractivity contribution in [3.8, 4) is 6.07 Å². The van der Waals surface area contributed by atoms with Crippen LogP contribution in [0.15, 0.2) is 24.3 Å². The largest absolute Gasteiger partial charge is 0.298 e. The molecule has 0 aliphatic rings. The van der Waals surface area contributed by atoms with Crippen molar-refractivity contribution in [2.45, 2.75) is 33.6 Å². The highest BCUT2D eigenvalue weighted by Gasteiger charge is 2.26. The van der Waals surface area contributed by atoms with Crippen LogP contribution in [0.2, 0.25) is 0 Å². The lowest BCUT2D eigenvalue weighted by Crippen LogP contribution is -2.22. The van der Waals surface area contributed by atoms with Crippen LogP contribution in [0.4, 0.5) is 0 Å². The fraction of sp³-hybridized carbons (Fsp3) is 0.429. The first-order valence-corrected chi connectivity index (χ1v) is 5.46. The predicted molar refractivity (Wildman–Crippen MR) is 63.9 cm³/mol. The Morgan fingerprint density at radius 1 is 1.31 bits per heavy atom. The Morgan fingerprint density at radius 3 is 2.38 bits per heavy atom. The standard InChI is InChI=1S/C14H17NO/c1-11-4-6-12(7-5-11)8-9-13(16)14(2,3)10-15/h4-7H,8-9H2,1-3H3. The lowest BCUT2D eigenvalue weighted by Gasteiger charge is -2.13. The van der Waals surface area contributed by atoms with Gasteiger partial charge in [0.1, 0.15) is 5.41 Å². The first-order chi connectivity index (χ1) is 7.45. The van der Waals surface area contributed by atoms with Gasteiger partial charge in [0.2, 0.25) is 0 Å². The molecule has 0 saturated carbocycles. The summed E-state index contributed by atoms with van der Waals surface area (Å²) >= 11 is 0. The number of nitriles is 1. The molecule has 1 aromatic rings. The van der Waals surface area contributed by atoms with E-state index < -0.39 is 5.41 Å². The van der Waals surface area contributed by atoms with Crippen LogP contribution in [0.1, 0.15) is 31.4 Å². The minimum Gasteiger partial charge on any atom is -0.298 e. The van der Waals surface area contributed by atoms with Gasteiger partial charge < -0.3 is 0 Å². The van der Waals surface area contributed by atoms with E-state index in [2.05, 4.69) is 0 Å². The third kappa shape index (κ3) is 3.20. The van der Waals surface area contributed by atoms with Gasteiger partial charge in [-0.1, -0.05) is 29.8 Å². The number of rotatable bonds is 4. The lowest BCUT2D eigenvalue weighted by atomic mass is 9.87. The number of benzene rings is 1. The molecule has 0 saturated heterocycles. The van der Waals surface area contributed by atoms with Gasteiger partial charge in [0, 0.05) is 6.42 Å². The van der Waals surface area contributed by atoms with Crippen LogP contribution >= 0.6 is 0 Å². The fourth-order valence-electron chi connectivity index (χ4n) is 1.39. The van der Waals surface area contributed by atoms with Crippen molar-refractivity contribution in [1.82, 2.24) is 0 Å². The molecule has 0 aromatic heterocycles. The van der Waals surface area contributed by atoms with E-state index in [-0.39, 0.29) is 5.78 Å². The second kappa shape index (κ2) is 4.94. The molecule has 1 rings (SSSR count). The van der Waals surface area contributed by atoms with E-state index in [1.165, 1.54) is 5.56 Å². The summed E-state index contributed by atoms with van der Waals surface area (Å²) < 4.78 is 0. The molecule has 0 heterocycles. The Morgan fingerprint density at radius 2 is 1.88 bits per heavy atom. The molecular formula is C14H17NO. The van der Waals surface area contributed by atoms with E-state index in [0.29, 0.717) is 12.8 Å². The summed E-state index contributed by atoms with van der Waals surface area (Å²) in [5, 5.41) is 8.83. The van der Waals surface area contributed by atoms with Gasteiger partial charge in [-0.2, -0.15) is 5.26 Å². The average molecular weight is 215 g/mol. The second-order valence-electron chi connectivity index (χ2n) is 4.65. The summed E-state index contributed by atoms with van der Waals surface area (Å²) in [5.74, 6) is 0.00979. The van der Waals surface area contributed by atoms with Gasteiger partial charge in [-0.15, -0.1) is 0 Å². The Labute approximate surface area is 96.9 Å². The van der Waals surface area contributed by atoms with Crippen molar-refractivity contribution in [3.63, 3.8) is 0 Å². The van der Waals surface area contributed by atoms with Crippen LogP contribution in [0, 0.1) is 23.7 Å². The molecule has 84 valence electrons. The molecule has 0 aliphatic carbocycles. The van der Waals surface area contributed by atoms with Gasteiger partial charge in [-0.3, -0.25) is 4.79 Å². The molecule has 0 N–H and O–H groups in total. The van der Waals surface area contributed by atoms with Crippen LogP contribution in [0.3, 0.4) is 0 Å². The van der Waals surface area contributed by atoms with E-state index in [4.69, 9.17) is 5.26 Å². The van der Waals surface area contributed by atoms with Crippen LogP contribution in [0.5, 0.6) is 0 Å². The van der Waals surface area contributed by atoms with Gasteiger partial charge in [-0.05, 0) is 32.8 Å². The zero-order valence-corrected chi connectivity index (χ0v) is 10.1. The van der Waals surface area contributed by atoms with Crippen molar-refractivity contribution in [3.05, 3.63) is 35.4 Å². The molecule has 16 heavy (non-hydrogen) atoms. The van der Waals surface area contributed by atoms with Gasteiger partial charge in [0.25, 0.3) is 0 Å². The molecule has 0 aliphatic heterocycles. The number of hydrogen-bond donors (Lipinski definition) is 0. The molecule has 0 fully saturated rings. The Hall–Kier alpha value is -1.62. The number of Topliss-reactive ketones (excluding diaryl/α,β-unsaturated/α-hetero) is 1. The summed E-state index contributed by atoms with van der Waals surface area (Å²) in [7, 11) is 0. The zero-order chi connectivity index (χ0) is 12.2. The molecule has 0 radical (unpaired) electrons. The minimum atomic E-state index is -0.856. The van der Waals surface area contributed by atoms with Gasteiger partial charge in [0.15, 0.2) is 5.78 Å². The van der Waals surface area contributed by atoms with E-state index in [1.807, 2.05) is 37.3 Å². The van der Waals surface area contributed by atoms with Gasteiger partial charge >= 0.3 is 0 Å². The van der Waals surface area contributed by atoms with Crippen LogP contribution in [-0.2, 0) is 11.2 Å². The molecule has 2 heteroatoms. The minimum absolute atomic E-state index is 0.00979. The Balaban J connectivity index is 2.56. The van der Waals surface area contributed by atoms with Crippen molar-refractivity contribution in [2.24, 2.45) is 5.41 Å². The molecule has 2 nitrogen and oxygen atoms in total. The average Bonchev–Trinajstić information content (AvgIpc) is 2.28. The van der Waals surface area contributed by atoms with Crippen LogP contribution in [0.25, 0.3) is 0 Å². The fourth-order valence-corrected chi connectivity index (χ4v) is 1.39. The van der Waals surface area contributed by atoms with Gasteiger partial charge in [-0.25, -0.2) is 0 Å². The lowest BCUT2D eigenvalue weighted by molar-refractivity contribution is -0.124. The van der Waals surface area contributed by atoms with Crippen LogP contribution in [-0.4, -0.2) is 5.78 Å². The third-order valence-corrected chi connectivity index (χ3v) is 2.74. The molecule has 0 atom stereocenters. The number of aryl methyl sites for hydroxylation is 2. The highest BCUT2D eigenvalue weighted by Crippen LogP contribution is 2.18. The third-order valence-electron chi connectivity index (χ3n) is 2.74. The number of hydrogen-bond acceptors (Lipinski definition) is 2. The first-order valence-electron chi connectivity index (χ1n) is 5.46. The predicted octanol–water partition coefficient (Wildman–Crippen LogP) is 3.05.